The molecule has 1 aliphatic carbocycles. The highest BCUT2D eigenvalue weighted by Gasteiger charge is 2.12. The van der Waals surface area contributed by atoms with Crippen LogP contribution in [0.25, 0.3) is 0 Å². The predicted molar refractivity (Wildman–Crippen MR) is 61.9 cm³/mol. The molecule has 0 atom stereocenters. The van der Waals surface area contributed by atoms with Gasteiger partial charge in [-0.25, -0.2) is 0 Å². The van der Waals surface area contributed by atoms with E-state index in [1.54, 1.807) is 6.26 Å². The quantitative estimate of drug-likeness (QED) is 0.751. The van der Waals surface area contributed by atoms with Crippen molar-refractivity contribution in [3.8, 4) is 0 Å². The Kier molecular flexibility index (Phi) is 4.27. The lowest BCUT2D eigenvalue weighted by Gasteiger charge is -2.21. The van der Waals surface area contributed by atoms with Gasteiger partial charge in [-0.1, -0.05) is 19.3 Å². The maximum atomic E-state index is 5.29. The molecule has 0 radical (unpaired) electrons. The Balaban J connectivity index is 1.54. The van der Waals surface area contributed by atoms with Crippen molar-refractivity contribution >= 4 is 0 Å². The molecule has 0 bridgehead atoms. The predicted octanol–water partition coefficient (Wildman–Crippen LogP) is 2.99. The molecular weight excluding hydrogens is 186 g/mol. The molecule has 1 aliphatic rings. The topological polar surface area (TPSA) is 25.2 Å². The van der Waals surface area contributed by atoms with Gasteiger partial charge in [-0.2, -0.15) is 0 Å². The van der Waals surface area contributed by atoms with Crippen molar-refractivity contribution < 1.29 is 4.42 Å². The van der Waals surface area contributed by atoms with Gasteiger partial charge in [0.2, 0.25) is 0 Å². The molecule has 1 fully saturated rings. The third-order valence-electron chi connectivity index (χ3n) is 3.29. The van der Waals surface area contributed by atoms with Crippen LogP contribution in [0.15, 0.2) is 22.8 Å². The fourth-order valence-corrected chi connectivity index (χ4v) is 2.36. The van der Waals surface area contributed by atoms with Crippen LogP contribution in [-0.2, 0) is 6.42 Å². The molecule has 1 aromatic heterocycles. The van der Waals surface area contributed by atoms with Crippen LogP contribution in [0.4, 0.5) is 0 Å². The van der Waals surface area contributed by atoms with E-state index < -0.39 is 0 Å². The molecule has 0 saturated heterocycles. The van der Waals surface area contributed by atoms with Crippen molar-refractivity contribution in [2.75, 3.05) is 13.1 Å². The van der Waals surface area contributed by atoms with E-state index in [9.17, 15) is 0 Å². The molecule has 0 spiro atoms. The summed E-state index contributed by atoms with van der Waals surface area (Å²) < 4.78 is 5.29. The molecule has 0 unspecified atom stereocenters. The van der Waals surface area contributed by atoms with Gasteiger partial charge in [-0.15, -0.1) is 0 Å². The number of hydrogen-bond donors (Lipinski definition) is 1. The van der Waals surface area contributed by atoms with Crippen LogP contribution in [0.5, 0.6) is 0 Å². The Hall–Kier alpha value is -0.760. The zero-order valence-corrected chi connectivity index (χ0v) is 9.37. The fraction of sp³-hybridized carbons (Fsp3) is 0.692. The van der Waals surface area contributed by atoms with Gasteiger partial charge in [-0.05, 0) is 37.4 Å². The zero-order valence-electron chi connectivity index (χ0n) is 9.37. The summed E-state index contributed by atoms with van der Waals surface area (Å²) in [5.41, 5.74) is 0. The Bertz CT molecular complexity index is 250. The second kappa shape index (κ2) is 5.96. The Labute approximate surface area is 92.1 Å². The van der Waals surface area contributed by atoms with Crippen LogP contribution >= 0.6 is 0 Å². The van der Waals surface area contributed by atoms with Gasteiger partial charge in [0.15, 0.2) is 0 Å². The second-order valence-corrected chi connectivity index (χ2v) is 4.54. The molecule has 2 nitrogen and oxygen atoms in total. The summed E-state index contributed by atoms with van der Waals surface area (Å²) in [6, 6.07) is 4.00. The molecule has 0 aromatic carbocycles. The first kappa shape index (κ1) is 10.7. The highest BCUT2D eigenvalue weighted by Crippen LogP contribution is 2.22. The smallest absolute Gasteiger partial charge is 0.105 e. The molecule has 15 heavy (non-hydrogen) atoms. The third-order valence-corrected chi connectivity index (χ3v) is 3.29. The van der Waals surface area contributed by atoms with Gasteiger partial charge in [0.1, 0.15) is 5.76 Å². The summed E-state index contributed by atoms with van der Waals surface area (Å²) in [6.45, 7) is 2.24. The highest BCUT2D eigenvalue weighted by molar-refractivity contribution is 4.98. The SMILES string of the molecule is c1coc(CCNCC2CCCCC2)c1. The molecule has 1 saturated carbocycles. The molecular formula is C13H21NO. The van der Waals surface area contributed by atoms with E-state index in [1.165, 1.54) is 38.6 Å². The normalized spacial score (nSPS) is 18.1. The second-order valence-electron chi connectivity index (χ2n) is 4.54. The number of nitrogens with one attached hydrogen (secondary N) is 1. The lowest BCUT2D eigenvalue weighted by Crippen LogP contribution is -2.26. The minimum Gasteiger partial charge on any atom is -0.469 e. The lowest BCUT2D eigenvalue weighted by atomic mass is 9.89. The van der Waals surface area contributed by atoms with Crippen molar-refractivity contribution in [3.05, 3.63) is 24.2 Å². The highest BCUT2D eigenvalue weighted by atomic mass is 16.3. The molecule has 1 aromatic rings. The number of hydrogen-bond acceptors (Lipinski definition) is 2. The fourth-order valence-electron chi connectivity index (χ4n) is 2.36. The van der Waals surface area contributed by atoms with Crippen molar-refractivity contribution in [1.29, 1.82) is 0 Å². The van der Waals surface area contributed by atoms with Gasteiger partial charge < -0.3 is 9.73 Å². The average Bonchev–Trinajstić information content (AvgIpc) is 2.79. The van der Waals surface area contributed by atoms with Gasteiger partial charge in [0, 0.05) is 13.0 Å². The Morgan fingerprint density at radius 3 is 2.87 bits per heavy atom. The summed E-state index contributed by atoms with van der Waals surface area (Å²) in [5, 5.41) is 3.53. The average molecular weight is 207 g/mol. The van der Waals surface area contributed by atoms with E-state index in [0.717, 1.165) is 24.6 Å². The van der Waals surface area contributed by atoms with E-state index in [-0.39, 0.29) is 0 Å². The molecule has 84 valence electrons. The maximum Gasteiger partial charge on any atom is 0.105 e. The van der Waals surface area contributed by atoms with Crippen molar-refractivity contribution in [3.63, 3.8) is 0 Å². The van der Waals surface area contributed by atoms with Gasteiger partial charge >= 0.3 is 0 Å². The van der Waals surface area contributed by atoms with E-state index in [1.807, 2.05) is 12.1 Å². The molecule has 2 rings (SSSR count). The van der Waals surface area contributed by atoms with Gasteiger partial charge in [0.05, 0.1) is 6.26 Å². The first-order valence-corrected chi connectivity index (χ1v) is 6.18. The van der Waals surface area contributed by atoms with E-state index >= 15 is 0 Å². The lowest BCUT2D eigenvalue weighted by molar-refractivity contribution is 0.342. The maximum absolute atomic E-state index is 5.29. The standard InChI is InChI=1S/C13H21NO/c1-2-5-12(6-3-1)11-14-9-8-13-7-4-10-15-13/h4,7,10,12,14H,1-3,5-6,8-9,11H2. The molecule has 1 N–H and O–H groups in total. The Morgan fingerprint density at radius 1 is 1.27 bits per heavy atom. The van der Waals surface area contributed by atoms with E-state index in [2.05, 4.69) is 5.32 Å². The van der Waals surface area contributed by atoms with Crippen molar-refractivity contribution in [1.82, 2.24) is 5.32 Å². The molecule has 2 heteroatoms. The van der Waals surface area contributed by atoms with Crippen LogP contribution in [0.3, 0.4) is 0 Å². The van der Waals surface area contributed by atoms with Crippen LogP contribution in [0.2, 0.25) is 0 Å². The van der Waals surface area contributed by atoms with Crippen LogP contribution in [-0.4, -0.2) is 13.1 Å². The zero-order chi connectivity index (χ0) is 10.3. The molecule has 1 heterocycles. The Morgan fingerprint density at radius 2 is 2.13 bits per heavy atom. The van der Waals surface area contributed by atoms with Crippen molar-refractivity contribution in [2.45, 2.75) is 38.5 Å². The minimum atomic E-state index is 0.926. The summed E-state index contributed by atoms with van der Waals surface area (Å²) in [6.07, 6.45) is 9.93. The van der Waals surface area contributed by atoms with Gasteiger partial charge in [0.25, 0.3) is 0 Å². The van der Waals surface area contributed by atoms with Crippen LogP contribution < -0.4 is 5.32 Å². The minimum absolute atomic E-state index is 0.926. The first-order chi connectivity index (χ1) is 7.45. The van der Waals surface area contributed by atoms with Crippen LogP contribution in [0.1, 0.15) is 37.9 Å². The third kappa shape index (κ3) is 3.71. The van der Waals surface area contributed by atoms with Crippen molar-refractivity contribution in [2.24, 2.45) is 5.92 Å². The summed E-state index contributed by atoms with van der Waals surface area (Å²) >= 11 is 0. The van der Waals surface area contributed by atoms with Gasteiger partial charge in [-0.3, -0.25) is 0 Å². The molecule has 0 aliphatic heterocycles. The van der Waals surface area contributed by atoms with E-state index in [4.69, 9.17) is 4.42 Å². The summed E-state index contributed by atoms with van der Waals surface area (Å²) in [4.78, 5) is 0. The number of rotatable bonds is 5. The van der Waals surface area contributed by atoms with Crippen LogP contribution in [0, 0.1) is 5.92 Å². The largest absolute Gasteiger partial charge is 0.469 e. The monoisotopic (exact) mass is 207 g/mol. The first-order valence-electron chi connectivity index (χ1n) is 6.18. The summed E-state index contributed by atoms with van der Waals surface area (Å²) in [7, 11) is 0. The van der Waals surface area contributed by atoms with E-state index in [0.29, 0.717) is 0 Å². The summed E-state index contributed by atoms with van der Waals surface area (Å²) in [5.74, 6) is 2.02. The molecule has 0 amide bonds. The number of furan rings is 1.